The maximum atomic E-state index is 12.3. The molecule has 4 fully saturated rings. The van der Waals surface area contributed by atoms with Crippen molar-refractivity contribution < 1.29 is 19.4 Å². The third-order valence-corrected chi connectivity index (χ3v) is 5.70. The Labute approximate surface area is 117 Å². The molecule has 2 N–H and O–H groups in total. The van der Waals surface area contributed by atoms with Crippen molar-refractivity contribution in [2.45, 2.75) is 31.3 Å². The summed E-state index contributed by atoms with van der Waals surface area (Å²) in [7, 11) is 0. The third kappa shape index (κ3) is 1.74. The molecule has 1 aliphatic heterocycles. The predicted molar refractivity (Wildman–Crippen MR) is 69.1 cm³/mol. The van der Waals surface area contributed by atoms with Crippen LogP contribution in [0.1, 0.15) is 19.3 Å². The number of carboxylic acid groups (broad SMARTS) is 1. The molecule has 0 aromatic carbocycles. The number of nitrogens with one attached hydrogen (secondary N) is 1. The number of urea groups is 1. The number of carbonyl (C=O) groups is 2. The van der Waals surface area contributed by atoms with Crippen molar-refractivity contribution in [1.29, 1.82) is 0 Å². The summed E-state index contributed by atoms with van der Waals surface area (Å²) in [6.45, 7) is 0.864. The van der Waals surface area contributed by atoms with Crippen molar-refractivity contribution in [3.05, 3.63) is 0 Å². The van der Waals surface area contributed by atoms with Gasteiger partial charge in [0.25, 0.3) is 0 Å². The van der Waals surface area contributed by atoms with Crippen molar-refractivity contribution in [3.8, 4) is 0 Å². The highest BCUT2D eigenvalue weighted by Gasteiger charge is 2.65. The quantitative estimate of drug-likeness (QED) is 0.773. The number of hydrogen-bond acceptors (Lipinski definition) is 3. The van der Waals surface area contributed by atoms with E-state index in [4.69, 9.17) is 9.84 Å². The van der Waals surface area contributed by atoms with Crippen LogP contribution in [0.5, 0.6) is 0 Å². The van der Waals surface area contributed by atoms with E-state index in [1.165, 1.54) is 24.2 Å². The number of fused-ring (bicyclic) bond motifs is 5. The fourth-order valence-corrected chi connectivity index (χ4v) is 4.80. The number of carboxylic acids is 1. The minimum absolute atomic E-state index is 0.0888. The van der Waals surface area contributed by atoms with Crippen LogP contribution in [0.15, 0.2) is 0 Å². The number of nitrogens with zero attached hydrogens (tertiary/aromatic N) is 1. The molecular formula is C14H20N2O4. The van der Waals surface area contributed by atoms with Crippen molar-refractivity contribution >= 4 is 12.0 Å². The standard InChI is InChI=1S/C14H20N2O4/c17-13(18)9-6-20-4-3-16(9)14(19)15-12-10-7-1-2-8(5-7)11(10)12/h7-12H,1-6H2,(H,15,19)(H,17,18). The molecule has 2 amide bonds. The molecule has 4 aliphatic rings. The lowest BCUT2D eigenvalue weighted by molar-refractivity contribution is -0.147. The fourth-order valence-electron chi connectivity index (χ4n) is 4.80. The number of ether oxygens (including phenoxy) is 1. The van der Waals surface area contributed by atoms with Crippen LogP contribution in [0.2, 0.25) is 0 Å². The normalized spacial score (nSPS) is 45.1. The first-order valence-electron chi connectivity index (χ1n) is 7.54. The summed E-state index contributed by atoms with van der Waals surface area (Å²) in [5.41, 5.74) is 0. The second-order valence-corrected chi connectivity index (χ2v) is 6.59. The minimum atomic E-state index is -0.990. The van der Waals surface area contributed by atoms with Gasteiger partial charge in [0.05, 0.1) is 13.2 Å². The highest BCUT2D eigenvalue weighted by Crippen LogP contribution is 2.65. The van der Waals surface area contributed by atoms with E-state index in [1.54, 1.807) is 0 Å². The molecule has 20 heavy (non-hydrogen) atoms. The maximum absolute atomic E-state index is 12.3. The Hall–Kier alpha value is -1.30. The monoisotopic (exact) mass is 280 g/mol. The summed E-state index contributed by atoms with van der Waals surface area (Å²) in [5, 5.41) is 12.2. The van der Waals surface area contributed by atoms with Crippen LogP contribution in [0.4, 0.5) is 4.79 Å². The summed E-state index contributed by atoms with van der Waals surface area (Å²) >= 11 is 0. The lowest BCUT2D eigenvalue weighted by Crippen LogP contribution is -2.56. The topological polar surface area (TPSA) is 78.9 Å². The molecule has 1 heterocycles. The molecule has 6 heteroatoms. The number of morpholine rings is 1. The van der Waals surface area contributed by atoms with Gasteiger partial charge in [0.15, 0.2) is 6.04 Å². The molecule has 0 aromatic heterocycles. The average molecular weight is 280 g/mol. The molecule has 0 aromatic rings. The Balaban J connectivity index is 1.40. The number of aliphatic carboxylic acids is 1. The van der Waals surface area contributed by atoms with Crippen molar-refractivity contribution in [3.63, 3.8) is 0 Å². The molecule has 110 valence electrons. The zero-order valence-corrected chi connectivity index (χ0v) is 11.3. The van der Waals surface area contributed by atoms with Crippen LogP contribution < -0.4 is 5.32 Å². The Morgan fingerprint density at radius 1 is 1.20 bits per heavy atom. The predicted octanol–water partition coefficient (Wildman–Crippen LogP) is 0.526. The summed E-state index contributed by atoms with van der Waals surface area (Å²) in [6, 6.07) is -0.774. The van der Waals surface area contributed by atoms with E-state index in [-0.39, 0.29) is 12.6 Å². The molecule has 0 spiro atoms. The van der Waals surface area contributed by atoms with Gasteiger partial charge in [-0.25, -0.2) is 9.59 Å². The summed E-state index contributed by atoms with van der Waals surface area (Å²) in [4.78, 5) is 24.9. The van der Waals surface area contributed by atoms with Gasteiger partial charge in [-0.15, -0.1) is 0 Å². The second kappa shape index (κ2) is 4.35. The first kappa shape index (κ1) is 12.4. The van der Waals surface area contributed by atoms with Crippen LogP contribution in [0.25, 0.3) is 0 Å². The molecule has 2 bridgehead atoms. The van der Waals surface area contributed by atoms with E-state index in [2.05, 4.69) is 5.32 Å². The number of carbonyl (C=O) groups excluding carboxylic acids is 1. The van der Waals surface area contributed by atoms with E-state index in [1.807, 2.05) is 0 Å². The molecular weight excluding hydrogens is 260 g/mol. The van der Waals surface area contributed by atoms with E-state index in [0.717, 1.165) is 11.8 Å². The third-order valence-electron chi connectivity index (χ3n) is 5.70. The molecule has 0 radical (unpaired) electrons. The smallest absolute Gasteiger partial charge is 0.328 e. The van der Waals surface area contributed by atoms with Crippen LogP contribution in [0, 0.1) is 23.7 Å². The first-order chi connectivity index (χ1) is 9.66. The fraction of sp³-hybridized carbons (Fsp3) is 0.857. The highest BCUT2D eigenvalue weighted by atomic mass is 16.5. The van der Waals surface area contributed by atoms with Gasteiger partial charge in [-0.05, 0) is 42.9 Å². The molecule has 3 aliphatic carbocycles. The Bertz CT molecular complexity index is 438. The van der Waals surface area contributed by atoms with Gasteiger partial charge in [0, 0.05) is 12.6 Å². The van der Waals surface area contributed by atoms with Crippen LogP contribution in [-0.2, 0) is 9.53 Å². The second-order valence-electron chi connectivity index (χ2n) is 6.59. The molecule has 5 atom stereocenters. The first-order valence-corrected chi connectivity index (χ1v) is 7.54. The SMILES string of the molecule is O=C(O)C1COCCN1C(=O)NC1C2C3CCC(C3)C12. The van der Waals surface area contributed by atoms with Gasteiger partial charge in [0.1, 0.15) is 0 Å². The van der Waals surface area contributed by atoms with Gasteiger partial charge in [-0.1, -0.05) is 0 Å². The summed E-state index contributed by atoms with van der Waals surface area (Å²) < 4.78 is 5.16. The van der Waals surface area contributed by atoms with E-state index in [0.29, 0.717) is 31.0 Å². The molecule has 4 rings (SSSR count). The van der Waals surface area contributed by atoms with E-state index in [9.17, 15) is 9.59 Å². The summed E-state index contributed by atoms with van der Waals surface area (Å²) in [6.07, 6.45) is 3.97. The highest BCUT2D eigenvalue weighted by molar-refractivity contribution is 5.83. The van der Waals surface area contributed by atoms with Crippen LogP contribution >= 0.6 is 0 Å². The van der Waals surface area contributed by atoms with Crippen molar-refractivity contribution in [2.24, 2.45) is 23.7 Å². The van der Waals surface area contributed by atoms with Crippen molar-refractivity contribution in [1.82, 2.24) is 10.2 Å². The van der Waals surface area contributed by atoms with Gasteiger partial charge in [-0.3, -0.25) is 0 Å². The summed E-state index contributed by atoms with van der Waals surface area (Å²) in [5.74, 6) is 1.95. The Morgan fingerprint density at radius 3 is 2.55 bits per heavy atom. The average Bonchev–Trinajstić information content (AvgIpc) is 2.84. The molecule has 1 saturated heterocycles. The number of amides is 2. The maximum Gasteiger partial charge on any atom is 0.328 e. The van der Waals surface area contributed by atoms with Crippen LogP contribution in [-0.4, -0.2) is 53.8 Å². The molecule has 6 nitrogen and oxygen atoms in total. The number of hydrogen-bond donors (Lipinski definition) is 2. The van der Waals surface area contributed by atoms with Gasteiger partial charge < -0.3 is 20.1 Å². The Kier molecular flexibility index (Phi) is 2.70. The zero-order valence-electron chi connectivity index (χ0n) is 11.3. The van der Waals surface area contributed by atoms with E-state index >= 15 is 0 Å². The van der Waals surface area contributed by atoms with E-state index < -0.39 is 12.0 Å². The lowest BCUT2D eigenvalue weighted by Gasteiger charge is -2.33. The van der Waals surface area contributed by atoms with Crippen molar-refractivity contribution in [2.75, 3.05) is 19.8 Å². The minimum Gasteiger partial charge on any atom is -0.480 e. The molecule has 3 saturated carbocycles. The lowest BCUT2D eigenvalue weighted by atomic mass is 10.0. The van der Waals surface area contributed by atoms with Gasteiger partial charge in [0.2, 0.25) is 0 Å². The number of rotatable bonds is 2. The van der Waals surface area contributed by atoms with Gasteiger partial charge in [-0.2, -0.15) is 0 Å². The van der Waals surface area contributed by atoms with Crippen LogP contribution in [0.3, 0.4) is 0 Å². The Morgan fingerprint density at radius 2 is 1.90 bits per heavy atom. The largest absolute Gasteiger partial charge is 0.480 e. The molecule has 5 unspecified atom stereocenters. The zero-order chi connectivity index (χ0) is 13.9. The van der Waals surface area contributed by atoms with Gasteiger partial charge >= 0.3 is 12.0 Å².